The van der Waals surface area contributed by atoms with Gasteiger partial charge in [0.25, 0.3) is 0 Å². The summed E-state index contributed by atoms with van der Waals surface area (Å²) in [5.41, 5.74) is 0.809. The summed E-state index contributed by atoms with van der Waals surface area (Å²) < 4.78 is 0.904. The lowest BCUT2D eigenvalue weighted by Crippen LogP contribution is -2.37. The van der Waals surface area contributed by atoms with Crippen LogP contribution in [0.1, 0.15) is 38.5 Å². The monoisotopic (exact) mass is 310 g/mol. The van der Waals surface area contributed by atoms with Crippen molar-refractivity contribution in [3.05, 3.63) is 28.7 Å². The molecule has 98 valence electrons. The molecule has 3 nitrogen and oxygen atoms in total. The van der Waals surface area contributed by atoms with Crippen molar-refractivity contribution in [3.63, 3.8) is 0 Å². The van der Waals surface area contributed by atoms with Crippen LogP contribution in [0.3, 0.4) is 0 Å². The van der Waals surface area contributed by atoms with E-state index in [1.165, 1.54) is 25.7 Å². The second-order valence-corrected chi connectivity index (χ2v) is 5.62. The molecule has 1 aromatic rings. The quantitative estimate of drug-likeness (QED) is 0.786. The highest BCUT2D eigenvalue weighted by molar-refractivity contribution is 9.10. The molecule has 1 fully saturated rings. The Morgan fingerprint density at radius 2 is 1.78 bits per heavy atom. The van der Waals surface area contributed by atoms with Crippen LogP contribution in [0.25, 0.3) is 0 Å². The smallest absolute Gasteiger partial charge is 0.319 e. The van der Waals surface area contributed by atoms with E-state index >= 15 is 0 Å². The maximum absolute atomic E-state index is 11.9. The van der Waals surface area contributed by atoms with E-state index in [4.69, 9.17) is 0 Å². The van der Waals surface area contributed by atoms with Crippen LogP contribution in [-0.4, -0.2) is 12.1 Å². The molecule has 0 aromatic heterocycles. The molecule has 0 bridgehead atoms. The number of rotatable bonds is 2. The highest BCUT2D eigenvalue weighted by Crippen LogP contribution is 2.21. The van der Waals surface area contributed by atoms with E-state index in [0.29, 0.717) is 6.04 Å². The number of hydrogen-bond donors (Lipinski definition) is 2. The average Bonchev–Trinajstić information content (AvgIpc) is 2.61. The molecular formula is C14H19BrN2O. The SMILES string of the molecule is O=C(Nc1ccccc1Br)NC1CCCCCC1. The molecule has 0 heterocycles. The Labute approximate surface area is 116 Å². The van der Waals surface area contributed by atoms with Gasteiger partial charge in [0.15, 0.2) is 0 Å². The third kappa shape index (κ3) is 4.02. The van der Waals surface area contributed by atoms with E-state index in [2.05, 4.69) is 26.6 Å². The first-order valence-corrected chi connectivity index (χ1v) is 7.37. The topological polar surface area (TPSA) is 41.1 Å². The minimum Gasteiger partial charge on any atom is -0.335 e. The number of carbonyl (C=O) groups is 1. The number of nitrogens with one attached hydrogen (secondary N) is 2. The molecule has 2 rings (SSSR count). The van der Waals surface area contributed by atoms with Crippen molar-refractivity contribution in [2.24, 2.45) is 0 Å². The third-order valence-electron chi connectivity index (χ3n) is 3.31. The molecule has 0 saturated heterocycles. The average molecular weight is 311 g/mol. The van der Waals surface area contributed by atoms with Gasteiger partial charge in [0.1, 0.15) is 0 Å². The fourth-order valence-corrected chi connectivity index (χ4v) is 2.71. The van der Waals surface area contributed by atoms with Crippen LogP contribution in [0.4, 0.5) is 10.5 Å². The van der Waals surface area contributed by atoms with Gasteiger partial charge in [-0.1, -0.05) is 37.8 Å². The Balaban J connectivity index is 1.86. The first-order chi connectivity index (χ1) is 8.75. The zero-order chi connectivity index (χ0) is 12.8. The van der Waals surface area contributed by atoms with Gasteiger partial charge in [-0.2, -0.15) is 0 Å². The molecule has 1 aromatic carbocycles. The highest BCUT2D eigenvalue weighted by Gasteiger charge is 2.14. The van der Waals surface area contributed by atoms with Crippen LogP contribution in [-0.2, 0) is 0 Å². The van der Waals surface area contributed by atoms with Gasteiger partial charge in [-0.3, -0.25) is 0 Å². The lowest BCUT2D eigenvalue weighted by Gasteiger charge is -2.17. The number of amides is 2. The molecule has 0 atom stereocenters. The summed E-state index contributed by atoms with van der Waals surface area (Å²) in [5.74, 6) is 0. The summed E-state index contributed by atoms with van der Waals surface area (Å²) in [5, 5.41) is 5.94. The van der Waals surface area contributed by atoms with Crippen LogP contribution in [0.15, 0.2) is 28.7 Å². The molecule has 1 aliphatic rings. The Hall–Kier alpha value is -1.03. The Bertz CT molecular complexity index is 401. The fourth-order valence-electron chi connectivity index (χ4n) is 2.33. The van der Waals surface area contributed by atoms with Crippen molar-refractivity contribution in [3.8, 4) is 0 Å². The third-order valence-corrected chi connectivity index (χ3v) is 4.00. The van der Waals surface area contributed by atoms with Crippen LogP contribution in [0, 0.1) is 0 Å². The standard InChI is InChI=1S/C14H19BrN2O/c15-12-9-5-6-10-13(12)17-14(18)16-11-7-3-1-2-4-8-11/h5-6,9-11H,1-4,7-8H2,(H2,16,17,18). The molecule has 0 aliphatic heterocycles. The zero-order valence-electron chi connectivity index (χ0n) is 10.4. The van der Waals surface area contributed by atoms with Crippen molar-refractivity contribution >= 4 is 27.6 Å². The highest BCUT2D eigenvalue weighted by atomic mass is 79.9. The number of anilines is 1. The normalized spacial score (nSPS) is 16.9. The lowest BCUT2D eigenvalue weighted by molar-refractivity contribution is 0.247. The van der Waals surface area contributed by atoms with E-state index in [1.54, 1.807) is 0 Å². The summed E-state index contributed by atoms with van der Waals surface area (Å²) in [6.07, 6.45) is 7.24. The van der Waals surface area contributed by atoms with Crippen molar-refractivity contribution < 1.29 is 4.79 Å². The van der Waals surface area contributed by atoms with E-state index < -0.39 is 0 Å². The second-order valence-electron chi connectivity index (χ2n) is 4.77. The predicted octanol–water partition coefficient (Wildman–Crippen LogP) is 4.29. The van der Waals surface area contributed by atoms with Crippen molar-refractivity contribution in [1.29, 1.82) is 0 Å². The number of benzene rings is 1. The summed E-state index contributed by atoms with van der Waals surface area (Å²) in [4.78, 5) is 11.9. The summed E-state index contributed by atoms with van der Waals surface area (Å²) in [7, 11) is 0. The fraction of sp³-hybridized carbons (Fsp3) is 0.500. The van der Waals surface area contributed by atoms with Crippen LogP contribution >= 0.6 is 15.9 Å². The van der Waals surface area contributed by atoms with Crippen molar-refractivity contribution in [1.82, 2.24) is 5.32 Å². The van der Waals surface area contributed by atoms with Crippen molar-refractivity contribution in [2.75, 3.05) is 5.32 Å². The molecule has 1 aliphatic carbocycles. The van der Waals surface area contributed by atoms with Crippen LogP contribution < -0.4 is 10.6 Å². The summed E-state index contributed by atoms with van der Waals surface area (Å²) in [6.45, 7) is 0. The molecule has 2 amide bonds. The molecule has 1 saturated carbocycles. The molecule has 18 heavy (non-hydrogen) atoms. The van der Waals surface area contributed by atoms with Gasteiger partial charge >= 0.3 is 6.03 Å². The van der Waals surface area contributed by atoms with Crippen LogP contribution in [0.5, 0.6) is 0 Å². The Morgan fingerprint density at radius 3 is 2.44 bits per heavy atom. The van der Waals surface area contributed by atoms with Gasteiger partial charge in [0, 0.05) is 10.5 Å². The largest absolute Gasteiger partial charge is 0.335 e. The maximum Gasteiger partial charge on any atom is 0.319 e. The first-order valence-electron chi connectivity index (χ1n) is 6.58. The minimum atomic E-state index is -0.103. The second kappa shape index (κ2) is 6.78. The van der Waals surface area contributed by atoms with Gasteiger partial charge in [0.2, 0.25) is 0 Å². The lowest BCUT2D eigenvalue weighted by atomic mass is 10.1. The first kappa shape index (κ1) is 13.4. The van der Waals surface area contributed by atoms with Gasteiger partial charge in [-0.15, -0.1) is 0 Å². The number of para-hydroxylation sites is 1. The van der Waals surface area contributed by atoms with Crippen LogP contribution in [0.2, 0.25) is 0 Å². The van der Waals surface area contributed by atoms with E-state index in [0.717, 1.165) is 23.0 Å². The van der Waals surface area contributed by atoms with Gasteiger partial charge in [-0.25, -0.2) is 4.79 Å². The molecule has 0 spiro atoms. The molecular weight excluding hydrogens is 292 g/mol. The predicted molar refractivity (Wildman–Crippen MR) is 77.8 cm³/mol. The number of halogens is 1. The molecule has 4 heteroatoms. The van der Waals surface area contributed by atoms with E-state index in [1.807, 2.05) is 24.3 Å². The van der Waals surface area contributed by atoms with Gasteiger partial charge in [0.05, 0.1) is 5.69 Å². The molecule has 0 unspecified atom stereocenters. The number of hydrogen-bond acceptors (Lipinski definition) is 1. The number of urea groups is 1. The zero-order valence-corrected chi connectivity index (χ0v) is 12.0. The summed E-state index contributed by atoms with van der Waals surface area (Å²) in [6, 6.07) is 7.87. The molecule has 0 radical (unpaired) electrons. The Morgan fingerprint density at radius 1 is 1.11 bits per heavy atom. The summed E-state index contributed by atoms with van der Waals surface area (Å²) >= 11 is 3.42. The number of carbonyl (C=O) groups excluding carboxylic acids is 1. The van der Waals surface area contributed by atoms with E-state index in [9.17, 15) is 4.79 Å². The van der Waals surface area contributed by atoms with Gasteiger partial charge < -0.3 is 10.6 Å². The van der Waals surface area contributed by atoms with Gasteiger partial charge in [-0.05, 0) is 40.9 Å². The Kier molecular flexibility index (Phi) is 5.05. The molecule has 2 N–H and O–H groups in total. The van der Waals surface area contributed by atoms with Crippen molar-refractivity contribution in [2.45, 2.75) is 44.6 Å². The maximum atomic E-state index is 11.9. The van der Waals surface area contributed by atoms with E-state index in [-0.39, 0.29) is 6.03 Å². The minimum absolute atomic E-state index is 0.103.